The molecule has 4 rings (SSSR count). The van der Waals surface area contributed by atoms with Crippen LogP contribution in [0.5, 0.6) is 5.75 Å². The van der Waals surface area contributed by atoms with Crippen LogP contribution < -0.4 is 4.90 Å². The molecule has 0 spiro atoms. The third-order valence-corrected chi connectivity index (χ3v) is 5.11. The Balaban J connectivity index is 1.51. The zero-order valence-electron chi connectivity index (χ0n) is 16.1. The van der Waals surface area contributed by atoms with Gasteiger partial charge in [-0.2, -0.15) is 0 Å². The number of hydrogen-bond donors (Lipinski definition) is 1. The van der Waals surface area contributed by atoms with Crippen LogP contribution in [-0.4, -0.2) is 52.0 Å². The van der Waals surface area contributed by atoms with E-state index in [0.29, 0.717) is 48.8 Å². The summed E-state index contributed by atoms with van der Waals surface area (Å²) >= 11 is 0. The second kappa shape index (κ2) is 8.20. The molecule has 1 amide bonds. The molecule has 8 heteroatoms. The van der Waals surface area contributed by atoms with Gasteiger partial charge in [0.1, 0.15) is 11.6 Å². The number of amides is 1. The maximum Gasteiger partial charge on any atom is 0.295 e. The molecule has 1 saturated heterocycles. The number of carbonyl (C=O) groups is 1. The molecular formula is C22H20N4O4. The fourth-order valence-electron chi connectivity index (χ4n) is 3.50. The number of phenolic OH excluding ortho intramolecular Hbond substituents is 1. The van der Waals surface area contributed by atoms with Gasteiger partial charge in [0.05, 0.1) is 4.92 Å². The van der Waals surface area contributed by atoms with Gasteiger partial charge in [-0.1, -0.05) is 30.3 Å². The molecule has 30 heavy (non-hydrogen) atoms. The molecule has 152 valence electrons. The molecule has 8 nitrogen and oxygen atoms in total. The first-order valence-electron chi connectivity index (χ1n) is 9.57. The van der Waals surface area contributed by atoms with Crippen molar-refractivity contribution in [2.24, 2.45) is 0 Å². The summed E-state index contributed by atoms with van der Waals surface area (Å²) in [6.45, 7) is 2.17. The van der Waals surface area contributed by atoms with Gasteiger partial charge in [-0.25, -0.2) is 4.98 Å². The van der Waals surface area contributed by atoms with Crippen LogP contribution in [0.1, 0.15) is 10.4 Å². The second-order valence-corrected chi connectivity index (χ2v) is 6.99. The fraction of sp³-hybridized carbons (Fsp3) is 0.182. The summed E-state index contributed by atoms with van der Waals surface area (Å²) in [6, 6.07) is 18.4. The maximum atomic E-state index is 12.6. The lowest BCUT2D eigenvalue weighted by Gasteiger charge is -2.35. The number of piperazine rings is 1. The standard InChI is InChI=1S/C22H20N4O4/c27-18-8-6-17(7-9-18)22(28)25-14-12-24(13-15-25)20-11-10-19(26(29)30)21(23-20)16-4-2-1-3-5-16/h1-11,27H,12-15H2. The average molecular weight is 404 g/mol. The summed E-state index contributed by atoms with van der Waals surface area (Å²) in [5.41, 5.74) is 1.51. The fourth-order valence-corrected chi connectivity index (χ4v) is 3.50. The van der Waals surface area contributed by atoms with Crippen molar-refractivity contribution < 1.29 is 14.8 Å². The summed E-state index contributed by atoms with van der Waals surface area (Å²) < 4.78 is 0. The Labute approximate surface area is 173 Å². The molecule has 0 bridgehead atoms. The summed E-state index contributed by atoms with van der Waals surface area (Å²) in [5.74, 6) is 0.683. The third-order valence-electron chi connectivity index (χ3n) is 5.11. The number of aromatic hydroxyl groups is 1. The molecule has 2 aromatic carbocycles. The SMILES string of the molecule is O=C(c1ccc(O)cc1)N1CCN(c2ccc([N+](=O)[O-])c(-c3ccccc3)n2)CC1. The second-order valence-electron chi connectivity index (χ2n) is 6.99. The highest BCUT2D eigenvalue weighted by molar-refractivity contribution is 5.94. The van der Waals surface area contributed by atoms with Gasteiger partial charge in [-0.3, -0.25) is 14.9 Å². The van der Waals surface area contributed by atoms with E-state index in [2.05, 4.69) is 4.98 Å². The van der Waals surface area contributed by atoms with Gasteiger partial charge in [0.15, 0.2) is 5.69 Å². The molecule has 3 aromatic rings. The molecule has 0 atom stereocenters. The lowest BCUT2D eigenvalue weighted by molar-refractivity contribution is -0.384. The number of nitrogens with zero attached hydrogens (tertiary/aromatic N) is 4. The molecule has 1 aliphatic rings. The van der Waals surface area contributed by atoms with Crippen LogP contribution in [0.3, 0.4) is 0 Å². The van der Waals surface area contributed by atoms with E-state index in [-0.39, 0.29) is 17.3 Å². The molecule has 0 saturated carbocycles. The van der Waals surface area contributed by atoms with Crippen LogP contribution in [0, 0.1) is 10.1 Å². The number of anilines is 1. The van der Waals surface area contributed by atoms with E-state index >= 15 is 0 Å². The first kappa shape index (κ1) is 19.4. The molecular weight excluding hydrogens is 384 g/mol. The third kappa shape index (κ3) is 3.93. The highest BCUT2D eigenvalue weighted by Crippen LogP contribution is 2.30. The number of hydrogen-bond acceptors (Lipinski definition) is 6. The van der Waals surface area contributed by atoms with Crippen molar-refractivity contribution in [3.63, 3.8) is 0 Å². The summed E-state index contributed by atoms with van der Waals surface area (Å²) in [4.78, 5) is 32.0. The van der Waals surface area contributed by atoms with Gasteiger partial charge in [0, 0.05) is 43.4 Å². The Morgan fingerprint density at radius 3 is 2.23 bits per heavy atom. The summed E-state index contributed by atoms with van der Waals surface area (Å²) in [5, 5.41) is 20.8. The largest absolute Gasteiger partial charge is 0.508 e. The van der Waals surface area contributed by atoms with Crippen molar-refractivity contribution in [1.29, 1.82) is 0 Å². The van der Waals surface area contributed by atoms with E-state index in [1.54, 1.807) is 35.2 Å². The first-order chi connectivity index (χ1) is 14.5. The van der Waals surface area contributed by atoms with E-state index < -0.39 is 4.92 Å². The Hall–Kier alpha value is -3.94. The van der Waals surface area contributed by atoms with Crippen molar-refractivity contribution in [1.82, 2.24) is 9.88 Å². The molecule has 0 radical (unpaired) electrons. The minimum Gasteiger partial charge on any atom is -0.508 e. The zero-order chi connectivity index (χ0) is 21.1. The number of pyridine rings is 1. The topological polar surface area (TPSA) is 99.8 Å². The number of carbonyl (C=O) groups excluding carboxylic acids is 1. The van der Waals surface area contributed by atoms with Gasteiger partial charge in [0.2, 0.25) is 0 Å². The first-order valence-corrected chi connectivity index (χ1v) is 9.57. The normalized spacial score (nSPS) is 13.9. The molecule has 1 N–H and O–H groups in total. The molecule has 0 unspecified atom stereocenters. The molecule has 2 heterocycles. The Bertz CT molecular complexity index is 1060. The van der Waals surface area contributed by atoms with Gasteiger partial charge in [-0.05, 0) is 30.3 Å². The molecule has 1 aliphatic heterocycles. The van der Waals surface area contributed by atoms with Crippen LogP contribution in [0.2, 0.25) is 0 Å². The van der Waals surface area contributed by atoms with Crippen molar-refractivity contribution in [2.75, 3.05) is 31.1 Å². The van der Waals surface area contributed by atoms with E-state index in [4.69, 9.17) is 0 Å². The lowest BCUT2D eigenvalue weighted by atomic mass is 10.1. The van der Waals surface area contributed by atoms with Crippen molar-refractivity contribution in [2.45, 2.75) is 0 Å². The Morgan fingerprint density at radius 1 is 0.933 bits per heavy atom. The van der Waals surface area contributed by atoms with Crippen LogP contribution >= 0.6 is 0 Å². The Morgan fingerprint density at radius 2 is 1.60 bits per heavy atom. The van der Waals surface area contributed by atoms with Crippen molar-refractivity contribution >= 4 is 17.4 Å². The smallest absolute Gasteiger partial charge is 0.295 e. The average Bonchev–Trinajstić information content (AvgIpc) is 2.79. The molecule has 1 fully saturated rings. The number of benzene rings is 2. The zero-order valence-corrected chi connectivity index (χ0v) is 16.1. The predicted molar refractivity (Wildman–Crippen MR) is 113 cm³/mol. The Kier molecular flexibility index (Phi) is 5.30. The monoisotopic (exact) mass is 404 g/mol. The lowest BCUT2D eigenvalue weighted by Crippen LogP contribution is -2.49. The van der Waals surface area contributed by atoms with Crippen LogP contribution in [0.25, 0.3) is 11.3 Å². The summed E-state index contributed by atoms with van der Waals surface area (Å²) in [7, 11) is 0. The quantitative estimate of drug-likeness (QED) is 0.529. The van der Waals surface area contributed by atoms with E-state index in [0.717, 1.165) is 0 Å². The van der Waals surface area contributed by atoms with Gasteiger partial charge >= 0.3 is 0 Å². The number of aromatic nitrogens is 1. The predicted octanol–water partition coefficient (Wildman–Crippen LogP) is 3.32. The van der Waals surface area contributed by atoms with Crippen molar-refractivity contribution in [3.8, 4) is 17.0 Å². The highest BCUT2D eigenvalue weighted by Gasteiger charge is 2.25. The van der Waals surface area contributed by atoms with Gasteiger partial charge < -0.3 is 14.9 Å². The molecule has 1 aromatic heterocycles. The van der Waals surface area contributed by atoms with E-state index in [1.807, 2.05) is 23.1 Å². The van der Waals surface area contributed by atoms with Gasteiger partial charge in [-0.15, -0.1) is 0 Å². The highest BCUT2D eigenvalue weighted by atomic mass is 16.6. The van der Waals surface area contributed by atoms with E-state index in [1.165, 1.54) is 18.2 Å². The molecule has 0 aliphatic carbocycles. The maximum absolute atomic E-state index is 12.6. The van der Waals surface area contributed by atoms with Crippen LogP contribution in [0.4, 0.5) is 11.5 Å². The minimum absolute atomic E-state index is 0.0360. The summed E-state index contributed by atoms with van der Waals surface area (Å²) in [6.07, 6.45) is 0. The number of nitro groups is 1. The minimum atomic E-state index is -0.423. The van der Waals surface area contributed by atoms with Crippen LogP contribution in [0.15, 0.2) is 66.7 Å². The van der Waals surface area contributed by atoms with Gasteiger partial charge in [0.25, 0.3) is 11.6 Å². The number of phenols is 1. The van der Waals surface area contributed by atoms with Crippen LogP contribution in [-0.2, 0) is 0 Å². The van der Waals surface area contributed by atoms with E-state index in [9.17, 15) is 20.0 Å². The van der Waals surface area contributed by atoms with Crippen molar-refractivity contribution in [3.05, 3.63) is 82.4 Å². The number of rotatable bonds is 4.